The maximum absolute atomic E-state index is 12.4. The van der Waals surface area contributed by atoms with Crippen LogP contribution >= 0.6 is 11.6 Å². The highest BCUT2D eigenvalue weighted by Crippen LogP contribution is 2.35. The van der Waals surface area contributed by atoms with Crippen molar-refractivity contribution in [1.29, 1.82) is 0 Å². The van der Waals surface area contributed by atoms with Crippen LogP contribution in [0.1, 0.15) is 46.1 Å². The van der Waals surface area contributed by atoms with E-state index in [2.05, 4.69) is 46.1 Å². The van der Waals surface area contributed by atoms with Gasteiger partial charge in [-0.3, -0.25) is 4.98 Å². The molecule has 0 atom stereocenters. The Kier molecular flexibility index (Phi) is 6.43. The molecule has 0 radical (unpaired) electrons. The molecular formula is C25H30ClN5O2. The molecule has 1 amide bonds. The smallest absolute Gasteiger partial charge is 0.410 e. The summed E-state index contributed by atoms with van der Waals surface area (Å²) in [6.45, 7) is 12.3. The lowest BCUT2D eigenvalue weighted by atomic mass is 9.94. The van der Waals surface area contributed by atoms with Gasteiger partial charge in [0.25, 0.3) is 0 Å². The number of hydrogen-bond donors (Lipinski definition) is 0. The largest absolute Gasteiger partial charge is 0.444 e. The molecule has 3 heterocycles. The Balaban J connectivity index is 1.67. The number of fused-ring (bicyclic) bond motifs is 1. The monoisotopic (exact) mass is 467 g/mol. The molecule has 3 aromatic rings. The molecule has 4 rings (SSSR count). The number of rotatable bonds is 3. The first-order chi connectivity index (χ1) is 15.6. The van der Waals surface area contributed by atoms with E-state index in [4.69, 9.17) is 16.3 Å². The summed E-state index contributed by atoms with van der Waals surface area (Å²) in [4.78, 5) is 20.9. The molecule has 33 heavy (non-hydrogen) atoms. The second kappa shape index (κ2) is 9.14. The third-order valence-electron chi connectivity index (χ3n) is 5.63. The molecular weight excluding hydrogens is 438 g/mol. The van der Waals surface area contributed by atoms with Gasteiger partial charge >= 0.3 is 6.09 Å². The van der Waals surface area contributed by atoms with Gasteiger partial charge in [0.05, 0.1) is 5.02 Å². The third kappa shape index (κ3) is 5.03. The van der Waals surface area contributed by atoms with Crippen LogP contribution in [0.5, 0.6) is 0 Å². The second-order valence-electron chi connectivity index (χ2n) is 9.62. The van der Waals surface area contributed by atoms with Crippen LogP contribution in [0.25, 0.3) is 22.2 Å². The van der Waals surface area contributed by atoms with Crippen LogP contribution in [0, 0.1) is 0 Å². The van der Waals surface area contributed by atoms with E-state index in [0.717, 1.165) is 22.2 Å². The van der Waals surface area contributed by atoms with Crippen molar-refractivity contribution in [3.63, 3.8) is 0 Å². The topological polar surface area (TPSA) is 71.5 Å². The first kappa shape index (κ1) is 23.2. The van der Waals surface area contributed by atoms with E-state index in [-0.39, 0.29) is 6.09 Å². The van der Waals surface area contributed by atoms with Crippen LogP contribution < -0.4 is 4.90 Å². The van der Waals surface area contributed by atoms with Gasteiger partial charge in [0.2, 0.25) is 0 Å². The Labute approximate surface area is 199 Å². The molecule has 174 valence electrons. The van der Waals surface area contributed by atoms with E-state index >= 15 is 0 Å². The van der Waals surface area contributed by atoms with Crippen LogP contribution in [0.3, 0.4) is 0 Å². The molecule has 1 saturated heterocycles. The third-order valence-corrected chi connectivity index (χ3v) is 5.84. The lowest BCUT2D eigenvalue weighted by Crippen LogP contribution is -2.50. The number of amides is 1. The molecule has 1 aliphatic heterocycles. The molecule has 0 saturated carbocycles. The zero-order chi connectivity index (χ0) is 23.8. The fourth-order valence-corrected chi connectivity index (χ4v) is 4.21. The quantitative estimate of drug-likeness (QED) is 0.504. The van der Waals surface area contributed by atoms with E-state index in [1.54, 1.807) is 11.1 Å². The lowest BCUT2D eigenvalue weighted by Gasteiger charge is -2.36. The number of halogens is 1. The molecule has 0 unspecified atom stereocenters. The number of carbonyl (C=O) groups is 1. The van der Waals surface area contributed by atoms with E-state index in [1.807, 2.05) is 39.0 Å². The van der Waals surface area contributed by atoms with Crippen molar-refractivity contribution in [2.45, 2.75) is 46.1 Å². The molecule has 0 bridgehead atoms. The number of piperazine rings is 1. The molecule has 0 aliphatic carbocycles. The number of carbonyl (C=O) groups excluding carboxylic acids is 1. The van der Waals surface area contributed by atoms with Gasteiger partial charge in [0.1, 0.15) is 16.8 Å². The van der Waals surface area contributed by atoms with Gasteiger partial charge in [0.15, 0.2) is 5.82 Å². The SMILES string of the molecule is CC(C)c1ccccc1-c1nnc(N2CCN(C(=O)OC(C)(C)C)CC2)c2ncc(Cl)cc12. The molecule has 1 aliphatic rings. The first-order valence-electron chi connectivity index (χ1n) is 11.3. The molecule has 2 aromatic heterocycles. The molecule has 0 N–H and O–H groups in total. The van der Waals surface area contributed by atoms with Gasteiger partial charge in [-0.25, -0.2) is 4.79 Å². The van der Waals surface area contributed by atoms with Gasteiger partial charge < -0.3 is 14.5 Å². The van der Waals surface area contributed by atoms with Crippen molar-refractivity contribution < 1.29 is 9.53 Å². The summed E-state index contributed by atoms with van der Waals surface area (Å²) >= 11 is 6.34. The van der Waals surface area contributed by atoms with Crippen LogP contribution in [0.4, 0.5) is 10.6 Å². The van der Waals surface area contributed by atoms with Crippen molar-refractivity contribution in [3.8, 4) is 11.3 Å². The summed E-state index contributed by atoms with van der Waals surface area (Å²) in [5, 5.41) is 10.7. The number of ether oxygens (including phenoxy) is 1. The minimum atomic E-state index is -0.513. The molecule has 0 spiro atoms. The van der Waals surface area contributed by atoms with E-state index in [0.29, 0.717) is 42.9 Å². The molecule has 1 fully saturated rings. The van der Waals surface area contributed by atoms with Crippen molar-refractivity contribution in [1.82, 2.24) is 20.1 Å². The highest BCUT2D eigenvalue weighted by atomic mass is 35.5. The first-order valence-corrected chi connectivity index (χ1v) is 11.7. The number of aromatic nitrogens is 3. The van der Waals surface area contributed by atoms with Crippen molar-refractivity contribution in [3.05, 3.63) is 47.1 Å². The highest BCUT2D eigenvalue weighted by molar-refractivity contribution is 6.31. The van der Waals surface area contributed by atoms with Gasteiger partial charge in [-0.2, -0.15) is 0 Å². The number of pyridine rings is 1. The standard InChI is InChI=1S/C25H30ClN5O2/c1-16(2)18-8-6-7-9-19(18)21-20-14-17(26)15-27-22(20)23(29-28-21)30-10-12-31(13-11-30)24(32)33-25(3,4)5/h6-9,14-16H,10-13H2,1-5H3. The normalized spacial score (nSPS) is 14.8. The Morgan fingerprint density at radius 2 is 1.79 bits per heavy atom. The summed E-state index contributed by atoms with van der Waals surface area (Å²) in [6, 6.07) is 10.1. The molecule has 7 nitrogen and oxygen atoms in total. The van der Waals surface area contributed by atoms with Gasteiger partial charge in [0, 0.05) is 43.3 Å². The Hall–Kier alpha value is -2.93. The minimum Gasteiger partial charge on any atom is -0.444 e. The van der Waals surface area contributed by atoms with Crippen molar-refractivity contribution >= 4 is 34.4 Å². The van der Waals surface area contributed by atoms with Crippen molar-refractivity contribution in [2.24, 2.45) is 0 Å². The lowest BCUT2D eigenvalue weighted by molar-refractivity contribution is 0.0240. The van der Waals surface area contributed by atoms with Gasteiger partial charge in [-0.15, -0.1) is 10.2 Å². The number of hydrogen-bond acceptors (Lipinski definition) is 6. The van der Waals surface area contributed by atoms with Crippen LogP contribution in [0.2, 0.25) is 5.02 Å². The predicted molar refractivity (Wildman–Crippen MR) is 132 cm³/mol. The summed E-state index contributed by atoms with van der Waals surface area (Å²) in [5.41, 5.74) is 3.26. The van der Waals surface area contributed by atoms with Gasteiger partial charge in [-0.1, -0.05) is 49.7 Å². The predicted octanol–water partition coefficient (Wildman–Crippen LogP) is 5.53. The van der Waals surface area contributed by atoms with Gasteiger partial charge in [-0.05, 0) is 38.3 Å². The summed E-state index contributed by atoms with van der Waals surface area (Å²) in [6.07, 6.45) is 1.35. The maximum Gasteiger partial charge on any atom is 0.410 e. The van der Waals surface area contributed by atoms with E-state index in [1.165, 1.54) is 5.56 Å². The number of benzene rings is 1. The Morgan fingerprint density at radius 3 is 2.45 bits per heavy atom. The van der Waals surface area contributed by atoms with E-state index in [9.17, 15) is 4.79 Å². The zero-order valence-corrected chi connectivity index (χ0v) is 20.6. The minimum absolute atomic E-state index is 0.288. The molecule has 1 aromatic carbocycles. The summed E-state index contributed by atoms with van der Waals surface area (Å²) < 4.78 is 5.51. The number of nitrogens with zero attached hydrogens (tertiary/aromatic N) is 5. The van der Waals surface area contributed by atoms with E-state index < -0.39 is 5.60 Å². The van der Waals surface area contributed by atoms with Crippen LogP contribution in [0.15, 0.2) is 36.5 Å². The summed E-state index contributed by atoms with van der Waals surface area (Å²) in [5.74, 6) is 1.04. The summed E-state index contributed by atoms with van der Waals surface area (Å²) in [7, 11) is 0. The fourth-order valence-electron chi connectivity index (χ4n) is 4.05. The zero-order valence-electron chi connectivity index (χ0n) is 19.8. The van der Waals surface area contributed by atoms with Crippen molar-refractivity contribution in [2.75, 3.05) is 31.1 Å². The maximum atomic E-state index is 12.4. The Morgan fingerprint density at radius 1 is 1.09 bits per heavy atom. The highest BCUT2D eigenvalue weighted by Gasteiger charge is 2.28. The number of anilines is 1. The second-order valence-corrected chi connectivity index (χ2v) is 10.1. The average molecular weight is 468 g/mol. The van der Waals surface area contributed by atoms with Crippen LogP contribution in [-0.4, -0.2) is 58.0 Å². The molecule has 8 heteroatoms. The van der Waals surface area contributed by atoms with Crippen LogP contribution in [-0.2, 0) is 4.74 Å². The fraction of sp³-hybridized carbons (Fsp3) is 0.440. The Bertz CT molecular complexity index is 1170. The average Bonchev–Trinajstić information content (AvgIpc) is 2.77.